The van der Waals surface area contributed by atoms with E-state index in [4.69, 9.17) is 5.11 Å². The van der Waals surface area contributed by atoms with Gasteiger partial charge in [0.15, 0.2) is 0 Å². The van der Waals surface area contributed by atoms with Gasteiger partial charge in [-0.25, -0.2) is 0 Å². The molecule has 0 radical (unpaired) electrons. The summed E-state index contributed by atoms with van der Waals surface area (Å²) in [6.45, 7) is 14.4. The molecule has 1 rings (SSSR count). The van der Waals surface area contributed by atoms with Gasteiger partial charge in [0, 0.05) is 25.1 Å². The normalized spacial score (nSPS) is 15.0. The first-order valence-electron chi connectivity index (χ1n) is 8.54. The topological polar surface area (TPSA) is 69.6 Å². The van der Waals surface area contributed by atoms with Crippen molar-refractivity contribution in [1.29, 1.82) is 0 Å². The molecule has 0 saturated carbocycles. The van der Waals surface area contributed by atoms with Crippen LogP contribution in [0, 0.1) is 0 Å². The van der Waals surface area contributed by atoms with Crippen LogP contribution in [0.4, 0.5) is 0 Å². The minimum atomic E-state index is -1.11. The van der Waals surface area contributed by atoms with Gasteiger partial charge in [0.05, 0.1) is 5.60 Å². The first kappa shape index (κ1) is 20.7. The fraction of sp³-hybridized carbons (Fsp3) is 0.650. The number of nitrogens with one attached hydrogen (secondary N) is 1. The molecule has 3 N–H and O–H groups in total. The van der Waals surface area contributed by atoms with Crippen LogP contribution in [-0.4, -0.2) is 34.9 Å². The van der Waals surface area contributed by atoms with Gasteiger partial charge in [-0.2, -0.15) is 0 Å². The Labute approximate surface area is 146 Å². The van der Waals surface area contributed by atoms with Gasteiger partial charge < -0.3 is 15.5 Å². The molecule has 0 spiro atoms. The summed E-state index contributed by atoms with van der Waals surface area (Å²) >= 11 is 0. The minimum absolute atomic E-state index is 0.0569. The third-order valence-corrected chi connectivity index (χ3v) is 4.21. The summed E-state index contributed by atoms with van der Waals surface area (Å²) in [5.41, 5.74) is 1.60. The molecule has 0 aliphatic heterocycles. The second-order valence-corrected chi connectivity index (χ2v) is 8.95. The predicted octanol–water partition coefficient (Wildman–Crippen LogP) is 3.14. The average molecular weight is 335 g/mol. The van der Waals surface area contributed by atoms with E-state index >= 15 is 0 Å². The quantitative estimate of drug-likeness (QED) is 0.774. The molecule has 1 unspecified atom stereocenters. The second kappa shape index (κ2) is 7.24. The summed E-state index contributed by atoms with van der Waals surface area (Å²) in [6.07, 6.45) is 0.225. The Morgan fingerprint density at radius 3 is 1.79 bits per heavy atom. The molecule has 0 aliphatic carbocycles. The van der Waals surface area contributed by atoms with Crippen LogP contribution in [0.5, 0.6) is 0 Å². The number of benzene rings is 1. The minimum Gasteiger partial charge on any atom is -0.396 e. The Hall–Kier alpha value is -1.39. The van der Waals surface area contributed by atoms with E-state index in [9.17, 15) is 9.90 Å². The van der Waals surface area contributed by atoms with Gasteiger partial charge in [-0.15, -0.1) is 0 Å². The third kappa shape index (κ3) is 5.91. The molecule has 0 bridgehead atoms. The van der Waals surface area contributed by atoms with Crippen LogP contribution in [0.3, 0.4) is 0 Å². The van der Waals surface area contributed by atoms with E-state index in [-0.39, 0.29) is 36.3 Å². The van der Waals surface area contributed by atoms with Crippen molar-refractivity contribution in [3.05, 3.63) is 34.9 Å². The van der Waals surface area contributed by atoms with Crippen molar-refractivity contribution in [2.24, 2.45) is 0 Å². The van der Waals surface area contributed by atoms with Crippen molar-refractivity contribution in [3.63, 3.8) is 0 Å². The van der Waals surface area contributed by atoms with Gasteiger partial charge in [0.25, 0.3) is 5.91 Å². The maximum Gasteiger partial charge on any atom is 0.251 e. The number of carbonyl (C=O) groups excluding carboxylic acids is 1. The van der Waals surface area contributed by atoms with Crippen LogP contribution in [0.25, 0.3) is 0 Å². The Bertz CT molecular complexity index is 545. The van der Waals surface area contributed by atoms with Gasteiger partial charge in [-0.3, -0.25) is 4.79 Å². The fourth-order valence-corrected chi connectivity index (χ4v) is 2.33. The van der Waals surface area contributed by atoms with Crippen molar-refractivity contribution >= 4 is 5.91 Å². The lowest BCUT2D eigenvalue weighted by atomic mass is 9.79. The Balaban J connectivity index is 3.12. The van der Waals surface area contributed by atoms with Gasteiger partial charge >= 0.3 is 0 Å². The summed E-state index contributed by atoms with van der Waals surface area (Å²) in [5, 5.41) is 21.8. The summed E-state index contributed by atoms with van der Waals surface area (Å²) in [5.74, 6) is -0.204. The van der Waals surface area contributed by atoms with Gasteiger partial charge in [-0.05, 0) is 41.0 Å². The number of carbonyl (C=O) groups is 1. The largest absolute Gasteiger partial charge is 0.396 e. The van der Waals surface area contributed by atoms with Gasteiger partial charge in [-0.1, -0.05) is 47.6 Å². The number of hydrogen-bond donors (Lipinski definition) is 3. The zero-order valence-electron chi connectivity index (χ0n) is 16.2. The molecule has 1 aromatic rings. The lowest BCUT2D eigenvalue weighted by Crippen LogP contribution is -2.41. The van der Waals surface area contributed by atoms with Crippen LogP contribution >= 0.6 is 0 Å². The van der Waals surface area contributed by atoms with Crippen molar-refractivity contribution < 1.29 is 15.0 Å². The Morgan fingerprint density at radius 1 is 0.958 bits per heavy atom. The standard InChI is InChI=1S/C20H33NO3/c1-18(2,3)15-10-14(11-16(12-15)19(4,5)6)17(23)21-13-20(7,24)8-9-22/h10-12,22,24H,8-9,13H2,1-7H3,(H,21,23). The zero-order chi connectivity index (χ0) is 18.8. The van der Waals surface area contributed by atoms with Crippen LogP contribution in [0.15, 0.2) is 18.2 Å². The van der Waals surface area contributed by atoms with E-state index in [1.165, 1.54) is 0 Å². The maximum absolute atomic E-state index is 12.6. The summed E-state index contributed by atoms with van der Waals surface area (Å²) in [6, 6.07) is 6.01. The van der Waals surface area contributed by atoms with Crippen molar-refractivity contribution in [3.8, 4) is 0 Å². The van der Waals surface area contributed by atoms with Gasteiger partial charge in [0.1, 0.15) is 0 Å². The zero-order valence-corrected chi connectivity index (χ0v) is 16.2. The number of amides is 1. The van der Waals surface area contributed by atoms with Crippen LogP contribution in [0.1, 0.15) is 76.4 Å². The molecular weight excluding hydrogens is 302 g/mol. The molecule has 4 heteroatoms. The summed E-state index contributed by atoms with van der Waals surface area (Å²) < 4.78 is 0. The monoisotopic (exact) mass is 335 g/mol. The Morgan fingerprint density at radius 2 is 1.42 bits per heavy atom. The highest BCUT2D eigenvalue weighted by Gasteiger charge is 2.24. The number of aliphatic hydroxyl groups is 2. The average Bonchev–Trinajstić information content (AvgIpc) is 2.42. The molecule has 0 aromatic heterocycles. The highest BCUT2D eigenvalue weighted by molar-refractivity contribution is 5.94. The van der Waals surface area contributed by atoms with E-state index in [0.29, 0.717) is 5.56 Å². The predicted molar refractivity (Wildman–Crippen MR) is 98.5 cm³/mol. The van der Waals surface area contributed by atoms with Crippen LogP contribution < -0.4 is 5.32 Å². The highest BCUT2D eigenvalue weighted by Crippen LogP contribution is 2.30. The summed E-state index contributed by atoms with van der Waals surface area (Å²) in [4.78, 5) is 12.6. The third-order valence-electron chi connectivity index (χ3n) is 4.21. The molecule has 0 fully saturated rings. The molecule has 1 atom stereocenters. The molecule has 136 valence electrons. The molecule has 0 aliphatic rings. The molecule has 0 saturated heterocycles. The van der Waals surface area contributed by atoms with E-state index in [1.54, 1.807) is 6.92 Å². The van der Waals surface area contributed by atoms with Crippen molar-refractivity contribution in [1.82, 2.24) is 5.32 Å². The maximum atomic E-state index is 12.6. The van der Waals surface area contributed by atoms with Crippen molar-refractivity contribution in [2.45, 2.75) is 71.3 Å². The fourth-order valence-electron chi connectivity index (χ4n) is 2.33. The van der Waals surface area contributed by atoms with E-state index < -0.39 is 5.60 Å². The van der Waals surface area contributed by atoms with Gasteiger partial charge in [0.2, 0.25) is 0 Å². The number of hydrogen-bond acceptors (Lipinski definition) is 3. The Kier molecular flexibility index (Phi) is 6.23. The molecule has 1 amide bonds. The molecular formula is C20H33NO3. The van der Waals surface area contributed by atoms with Crippen molar-refractivity contribution in [2.75, 3.05) is 13.2 Å². The van der Waals surface area contributed by atoms with Crippen LogP contribution in [-0.2, 0) is 10.8 Å². The smallest absolute Gasteiger partial charge is 0.251 e. The SMILES string of the molecule is CC(O)(CCO)CNC(=O)c1cc(C(C)(C)C)cc(C(C)(C)C)c1. The first-order chi connectivity index (χ1) is 10.8. The van der Waals surface area contributed by atoms with E-state index in [1.807, 2.05) is 12.1 Å². The second-order valence-electron chi connectivity index (χ2n) is 8.95. The van der Waals surface area contributed by atoms with Crippen LogP contribution in [0.2, 0.25) is 0 Å². The lowest BCUT2D eigenvalue weighted by Gasteiger charge is -2.26. The highest BCUT2D eigenvalue weighted by atomic mass is 16.3. The number of aliphatic hydroxyl groups excluding tert-OH is 1. The lowest BCUT2D eigenvalue weighted by molar-refractivity contribution is 0.0324. The molecule has 1 aromatic carbocycles. The molecule has 4 nitrogen and oxygen atoms in total. The molecule has 0 heterocycles. The number of rotatable bonds is 5. The summed E-state index contributed by atoms with van der Waals surface area (Å²) in [7, 11) is 0. The van der Waals surface area contributed by atoms with E-state index in [2.05, 4.69) is 52.9 Å². The van der Waals surface area contributed by atoms with E-state index in [0.717, 1.165) is 11.1 Å². The molecule has 24 heavy (non-hydrogen) atoms. The first-order valence-corrected chi connectivity index (χ1v) is 8.54.